The number of carbonyl (C=O) groups is 3. The van der Waals surface area contributed by atoms with E-state index in [9.17, 15) is 28.9 Å². The van der Waals surface area contributed by atoms with E-state index in [0.717, 1.165) is 109 Å². The normalized spacial score (nSPS) is 13.7. The van der Waals surface area contributed by atoms with Crippen molar-refractivity contribution in [1.82, 2.24) is 0 Å². The van der Waals surface area contributed by atoms with Crippen molar-refractivity contribution in [2.24, 2.45) is 0 Å². The van der Waals surface area contributed by atoms with Crippen LogP contribution in [0.5, 0.6) is 0 Å². The fourth-order valence-electron chi connectivity index (χ4n) is 8.18. The molecule has 0 saturated carbocycles. The molecule has 420 valence electrons. The van der Waals surface area contributed by atoms with Crippen molar-refractivity contribution in [2.75, 3.05) is 26.4 Å². The van der Waals surface area contributed by atoms with Crippen molar-refractivity contribution < 1.29 is 52.2 Å². The average molecular weight is 1040 g/mol. The van der Waals surface area contributed by atoms with Crippen molar-refractivity contribution in [3.63, 3.8) is 0 Å². The molecule has 0 rings (SSSR count). The van der Waals surface area contributed by atoms with E-state index < -0.39 is 57.8 Å². The number of rotatable bonds is 55. The van der Waals surface area contributed by atoms with Crippen molar-refractivity contribution in [3.05, 3.63) is 48.6 Å². The van der Waals surface area contributed by atoms with Gasteiger partial charge in [-0.3, -0.25) is 23.4 Å². The molecule has 0 heterocycles. The second-order valence-electron chi connectivity index (χ2n) is 19.8. The Hall–Kier alpha value is -2.56. The standard InChI is InChI=1S/C60H109O11P/c1-4-7-10-13-16-19-22-25-28-31-34-37-40-43-46-49-58(62)67-53-57(71-60(64)51-48-45-42-39-36-33-30-27-24-21-18-15-12-9-6-3)55-69-72(65,66)68-54-56(52-61)70-59(63)50-47-44-41-38-35-32-29-26-23-20-17-14-11-8-5-2/h17-18,20-21,26-27,29-30,56-57,61H,4-16,19,22-25,28,31-55H2,1-3H3,(H,65,66)/b20-17-,21-18-,29-26-,30-27-. The number of phosphoric ester groups is 1. The third-order valence-corrected chi connectivity index (χ3v) is 13.7. The molecule has 12 heteroatoms. The van der Waals surface area contributed by atoms with Crippen molar-refractivity contribution in [1.29, 1.82) is 0 Å². The zero-order chi connectivity index (χ0) is 52.7. The summed E-state index contributed by atoms with van der Waals surface area (Å²) in [6, 6.07) is 0. The predicted molar refractivity (Wildman–Crippen MR) is 298 cm³/mol. The van der Waals surface area contributed by atoms with E-state index in [1.54, 1.807) is 0 Å². The van der Waals surface area contributed by atoms with Gasteiger partial charge in [0.1, 0.15) is 12.7 Å². The van der Waals surface area contributed by atoms with Gasteiger partial charge in [0.05, 0.1) is 19.8 Å². The van der Waals surface area contributed by atoms with E-state index in [-0.39, 0.29) is 25.9 Å². The van der Waals surface area contributed by atoms with Crippen LogP contribution in [0.2, 0.25) is 0 Å². The maximum absolute atomic E-state index is 12.9. The van der Waals surface area contributed by atoms with Gasteiger partial charge in [-0.25, -0.2) is 4.57 Å². The van der Waals surface area contributed by atoms with E-state index in [1.165, 1.54) is 109 Å². The van der Waals surface area contributed by atoms with Gasteiger partial charge < -0.3 is 24.2 Å². The van der Waals surface area contributed by atoms with Crippen molar-refractivity contribution in [3.8, 4) is 0 Å². The maximum atomic E-state index is 12.9. The molecule has 0 aliphatic carbocycles. The summed E-state index contributed by atoms with van der Waals surface area (Å²) in [5, 5.41) is 9.81. The smallest absolute Gasteiger partial charge is 0.462 e. The first-order chi connectivity index (χ1) is 35.2. The van der Waals surface area contributed by atoms with E-state index >= 15 is 0 Å². The second kappa shape index (κ2) is 54.7. The lowest BCUT2D eigenvalue weighted by Crippen LogP contribution is -2.30. The molecule has 0 aromatic heterocycles. The predicted octanol–water partition coefficient (Wildman–Crippen LogP) is 17.4. The summed E-state index contributed by atoms with van der Waals surface area (Å²) in [4.78, 5) is 48.5. The van der Waals surface area contributed by atoms with Crippen molar-refractivity contribution in [2.45, 2.75) is 290 Å². The zero-order valence-corrected chi connectivity index (χ0v) is 47.3. The fourth-order valence-corrected chi connectivity index (χ4v) is 8.97. The first-order valence-corrected chi connectivity index (χ1v) is 31.0. The minimum Gasteiger partial charge on any atom is -0.462 e. The van der Waals surface area contributed by atoms with Crippen LogP contribution in [0.15, 0.2) is 48.6 Å². The Kier molecular flexibility index (Phi) is 52.7. The minimum atomic E-state index is -4.75. The Labute approximate surface area is 441 Å². The lowest BCUT2D eigenvalue weighted by atomic mass is 10.0. The average Bonchev–Trinajstić information content (AvgIpc) is 3.37. The first kappa shape index (κ1) is 69.4. The molecule has 0 bridgehead atoms. The Morgan fingerprint density at radius 3 is 1.06 bits per heavy atom. The fraction of sp³-hybridized carbons (Fsp3) is 0.817. The number of unbranched alkanes of at least 4 members (excludes halogenated alkanes) is 30. The minimum absolute atomic E-state index is 0.153. The molecule has 3 unspecified atom stereocenters. The number of hydrogen-bond acceptors (Lipinski definition) is 10. The molecule has 0 saturated heterocycles. The summed E-state index contributed by atoms with van der Waals surface area (Å²) in [6.07, 6.45) is 57.7. The summed E-state index contributed by atoms with van der Waals surface area (Å²) in [7, 11) is -4.75. The Balaban J connectivity index is 4.72. The number of aliphatic hydroxyl groups excluding tert-OH is 1. The number of ether oxygens (including phenoxy) is 3. The molecule has 11 nitrogen and oxygen atoms in total. The van der Waals surface area contributed by atoms with Crippen LogP contribution in [-0.2, 0) is 42.2 Å². The number of aliphatic hydroxyl groups is 1. The summed E-state index contributed by atoms with van der Waals surface area (Å²) >= 11 is 0. The Morgan fingerprint density at radius 2 is 0.681 bits per heavy atom. The van der Waals surface area contributed by atoms with Gasteiger partial charge in [-0.1, -0.05) is 223 Å². The molecule has 0 aromatic carbocycles. The third-order valence-electron chi connectivity index (χ3n) is 12.7. The quantitative estimate of drug-likeness (QED) is 0.0197. The largest absolute Gasteiger partial charge is 0.472 e. The van der Waals surface area contributed by atoms with Gasteiger partial charge in [0.25, 0.3) is 0 Å². The number of hydrogen-bond donors (Lipinski definition) is 2. The van der Waals surface area contributed by atoms with Crippen LogP contribution >= 0.6 is 7.82 Å². The number of esters is 3. The monoisotopic (exact) mass is 1040 g/mol. The highest BCUT2D eigenvalue weighted by atomic mass is 31.2. The third kappa shape index (κ3) is 52.3. The number of allylic oxidation sites excluding steroid dienone is 8. The lowest BCUT2D eigenvalue weighted by molar-refractivity contribution is -0.161. The van der Waals surface area contributed by atoms with Gasteiger partial charge in [-0.15, -0.1) is 0 Å². The first-order valence-electron chi connectivity index (χ1n) is 29.5. The van der Waals surface area contributed by atoms with Gasteiger partial charge in [0.2, 0.25) is 0 Å². The molecule has 0 aliphatic rings. The SMILES string of the molecule is CCCCC/C=C\C/C=C\CCCCCCCC(=O)OC(CO)COP(=O)(O)OCC(COC(=O)CCCCCCCCCCCCCCCCC)OC(=O)CCCCCCC/C=C\C/C=C\CCCCC. The van der Waals surface area contributed by atoms with E-state index in [1.807, 2.05) is 0 Å². The summed E-state index contributed by atoms with van der Waals surface area (Å²) < 4.78 is 39.5. The van der Waals surface area contributed by atoms with Crippen LogP contribution in [0.3, 0.4) is 0 Å². The van der Waals surface area contributed by atoms with Crippen LogP contribution in [0, 0.1) is 0 Å². The molecule has 0 radical (unpaired) electrons. The molecule has 0 spiro atoms. The lowest BCUT2D eigenvalue weighted by Gasteiger charge is -2.21. The van der Waals surface area contributed by atoms with Crippen LogP contribution in [0.1, 0.15) is 278 Å². The molecule has 72 heavy (non-hydrogen) atoms. The highest BCUT2D eigenvalue weighted by Crippen LogP contribution is 2.43. The molecule has 2 N–H and O–H groups in total. The highest BCUT2D eigenvalue weighted by molar-refractivity contribution is 7.47. The van der Waals surface area contributed by atoms with Crippen LogP contribution in [0.25, 0.3) is 0 Å². The van der Waals surface area contributed by atoms with Gasteiger partial charge >= 0.3 is 25.7 Å². The zero-order valence-electron chi connectivity index (χ0n) is 46.4. The second-order valence-corrected chi connectivity index (χ2v) is 21.3. The van der Waals surface area contributed by atoms with Gasteiger partial charge in [-0.2, -0.15) is 0 Å². The van der Waals surface area contributed by atoms with Gasteiger partial charge in [-0.05, 0) is 83.5 Å². The summed E-state index contributed by atoms with van der Waals surface area (Å²) in [5.41, 5.74) is 0. The van der Waals surface area contributed by atoms with Crippen LogP contribution in [-0.4, -0.2) is 66.5 Å². The van der Waals surface area contributed by atoms with E-state index in [0.29, 0.717) is 19.3 Å². The Morgan fingerprint density at radius 1 is 0.389 bits per heavy atom. The van der Waals surface area contributed by atoms with Gasteiger partial charge in [0, 0.05) is 19.3 Å². The number of carbonyl (C=O) groups excluding carboxylic acids is 3. The Bertz CT molecular complexity index is 1400. The molecule has 0 amide bonds. The number of phosphoric acid groups is 1. The van der Waals surface area contributed by atoms with E-state index in [2.05, 4.69) is 69.4 Å². The highest BCUT2D eigenvalue weighted by Gasteiger charge is 2.28. The van der Waals surface area contributed by atoms with Gasteiger partial charge in [0.15, 0.2) is 6.10 Å². The molecular weight excluding hydrogens is 928 g/mol. The van der Waals surface area contributed by atoms with Crippen LogP contribution < -0.4 is 0 Å². The summed E-state index contributed by atoms with van der Waals surface area (Å²) in [5.74, 6) is -1.48. The van der Waals surface area contributed by atoms with Crippen molar-refractivity contribution >= 4 is 25.7 Å². The molecule has 0 aromatic rings. The summed E-state index contributed by atoms with van der Waals surface area (Å²) in [6.45, 7) is 4.59. The topological polar surface area (TPSA) is 155 Å². The molecular formula is C60H109O11P. The molecule has 3 atom stereocenters. The molecule has 0 aliphatic heterocycles. The maximum Gasteiger partial charge on any atom is 0.472 e. The van der Waals surface area contributed by atoms with E-state index in [4.69, 9.17) is 23.3 Å². The molecule has 0 fully saturated rings. The van der Waals surface area contributed by atoms with Crippen LogP contribution in [0.4, 0.5) is 0 Å².